The second-order valence-electron chi connectivity index (χ2n) is 9.11. The lowest BCUT2D eigenvalue weighted by molar-refractivity contribution is -0.00584. The summed E-state index contributed by atoms with van der Waals surface area (Å²) in [5.41, 5.74) is 3.41. The minimum atomic E-state index is -0.0777. The number of phenols is 1. The summed E-state index contributed by atoms with van der Waals surface area (Å²) in [7, 11) is 0. The molecule has 5 rings (SSSR count). The summed E-state index contributed by atoms with van der Waals surface area (Å²) in [6.45, 7) is 9.95. The van der Waals surface area contributed by atoms with Gasteiger partial charge in [0, 0.05) is 37.9 Å². The van der Waals surface area contributed by atoms with Gasteiger partial charge in [0.1, 0.15) is 5.75 Å². The van der Waals surface area contributed by atoms with Gasteiger partial charge in [0.25, 0.3) is 0 Å². The quantitative estimate of drug-likeness (QED) is 0.833. The third kappa shape index (κ3) is 3.77. The van der Waals surface area contributed by atoms with E-state index in [0.717, 1.165) is 50.7 Å². The van der Waals surface area contributed by atoms with Gasteiger partial charge in [-0.25, -0.2) is 9.97 Å². The van der Waals surface area contributed by atoms with Crippen molar-refractivity contribution in [2.45, 2.75) is 51.0 Å². The average Bonchev–Trinajstić information content (AvgIpc) is 3.12. The first-order chi connectivity index (χ1) is 14.5. The van der Waals surface area contributed by atoms with Crippen LogP contribution in [0.4, 0.5) is 5.95 Å². The Hall–Kier alpha value is -2.22. The van der Waals surface area contributed by atoms with Gasteiger partial charge in [0.15, 0.2) is 0 Å². The van der Waals surface area contributed by atoms with Gasteiger partial charge in [-0.05, 0) is 44.5 Å². The van der Waals surface area contributed by atoms with Gasteiger partial charge < -0.3 is 19.5 Å². The number of benzene rings is 1. The topological polar surface area (TPSA) is 71.0 Å². The zero-order valence-electron chi connectivity index (χ0n) is 17.8. The van der Waals surface area contributed by atoms with E-state index in [1.165, 1.54) is 11.3 Å². The molecule has 1 N–H and O–H groups in total. The van der Waals surface area contributed by atoms with Crippen molar-refractivity contribution in [1.82, 2.24) is 14.9 Å². The number of phenolic OH excluding ortho intramolecular Hbond substituents is 1. The molecule has 3 aliphatic rings. The predicted octanol–water partition coefficient (Wildman–Crippen LogP) is 2.47. The maximum atomic E-state index is 9.54. The molecule has 0 bridgehead atoms. The Morgan fingerprint density at radius 2 is 1.93 bits per heavy atom. The molecule has 0 unspecified atom stereocenters. The summed E-state index contributed by atoms with van der Waals surface area (Å²) in [5, 5.41) is 9.54. The zero-order valence-corrected chi connectivity index (χ0v) is 17.8. The fourth-order valence-electron chi connectivity index (χ4n) is 5.14. The molecule has 0 amide bonds. The molecule has 1 aromatic carbocycles. The summed E-state index contributed by atoms with van der Waals surface area (Å²) in [5.74, 6) is 1.12. The van der Waals surface area contributed by atoms with E-state index >= 15 is 0 Å². The summed E-state index contributed by atoms with van der Waals surface area (Å²) < 4.78 is 11.9. The standard InChI is InChI=1S/C23H30N4O3/c1-16-10-27(11-17(2)30-16)22-24-9-19-13-29-15-23(21(19)25-22)7-8-26(14-23)12-18-3-5-20(28)6-4-18/h3-6,9,16-17,28H,7-8,10-15H2,1-2H3/t16-,17-,23-/m0/s1. The van der Waals surface area contributed by atoms with E-state index in [1.54, 1.807) is 12.1 Å². The monoisotopic (exact) mass is 410 g/mol. The number of aromatic hydroxyl groups is 1. The van der Waals surface area contributed by atoms with Crippen LogP contribution in [0.2, 0.25) is 0 Å². The summed E-state index contributed by atoms with van der Waals surface area (Å²) in [6, 6.07) is 7.49. The van der Waals surface area contributed by atoms with Gasteiger partial charge in [-0.1, -0.05) is 12.1 Å². The molecule has 2 aromatic rings. The first-order valence-electron chi connectivity index (χ1n) is 10.9. The average molecular weight is 411 g/mol. The normalized spacial score (nSPS) is 29.3. The van der Waals surface area contributed by atoms with Crippen LogP contribution in [-0.4, -0.2) is 65.0 Å². The number of hydrogen-bond donors (Lipinski definition) is 1. The number of hydrogen-bond acceptors (Lipinski definition) is 7. The minimum absolute atomic E-state index is 0.0777. The Balaban J connectivity index is 1.38. The van der Waals surface area contributed by atoms with E-state index in [4.69, 9.17) is 14.5 Å². The van der Waals surface area contributed by atoms with Crippen LogP contribution in [0.3, 0.4) is 0 Å². The summed E-state index contributed by atoms with van der Waals surface area (Å²) >= 11 is 0. The van der Waals surface area contributed by atoms with Gasteiger partial charge in [0.05, 0.1) is 36.5 Å². The minimum Gasteiger partial charge on any atom is -0.508 e. The zero-order chi connectivity index (χ0) is 20.7. The molecule has 0 radical (unpaired) electrons. The van der Waals surface area contributed by atoms with Crippen LogP contribution >= 0.6 is 0 Å². The molecule has 0 aliphatic carbocycles. The lowest BCUT2D eigenvalue weighted by Gasteiger charge is -2.38. The van der Waals surface area contributed by atoms with Crippen molar-refractivity contribution in [1.29, 1.82) is 0 Å². The van der Waals surface area contributed by atoms with Crippen LogP contribution in [0.25, 0.3) is 0 Å². The fraction of sp³-hybridized carbons (Fsp3) is 0.565. The lowest BCUT2D eigenvalue weighted by atomic mass is 9.80. The van der Waals surface area contributed by atoms with E-state index in [1.807, 2.05) is 18.3 Å². The highest BCUT2D eigenvalue weighted by Gasteiger charge is 2.45. The van der Waals surface area contributed by atoms with E-state index in [2.05, 4.69) is 28.6 Å². The number of rotatable bonds is 3. The van der Waals surface area contributed by atoms with E-state index in [0.29, 0.717) is 19.0 Å². The molecule has 7 heteroatoms. The second-order valence-corrected chi connectivity index (χ2v) is 9.11. The Bertz CT molecular complexity index is 896. The lowest BCUT2D eigenvalue weighted by Crippen LogP contribution is -2.47. The number of anilines is 1. The molecule has 2 fully saturated rings. The van der Waals surface area contributed by atoms with Crippen molar-refractivity contribution in [2.24, 2.45) is 0 Å². The SMILES string of the molecule is C[C@H]1CN(c2ncc3c(n2)[C@]2(CCN(Cc4ccc(O)cc4)C2)COC3)C[C@H](C)O1. The van der Waals surface area contributed by atoms with Crippen molar-refractivity contribution in [3.63, 3.8) is 0 Å². The van der Waals surface area contributed by atoms with E-state index in [-0.39, 0.29) is 17.6 Å². The molecular weight excluding hydrogens is 380 g/mol. The van der Waals surface area contributed by atoms with Crippen LogP contribution in [0.15, 0.2) is 30.5 Å². The molecule has 2 saturated heterocycles. The van der Waals surface area contributed by atoms with Crippen molar-refractivity contribution in [3.05, 3.63) is 47.3 Å². The van der Waals surface area contributed by atoms with Gasteiger partial charge in [-0.2, -0.15) is 0 Å². The van der Waals surface area contributed by atoms with Crippen LogP contribution in [0.1, 0.15) is 37.1 Å². The number of fused-ring (bicyclic) bond motifs is 2. The highest BCUT2D eigenvalue weighted by atomic mass is 16.5. The van der Waals surface area contributed by atoms with Crippen molar-refractivity contribution in [3.8, 4) is 5.75 Å². The molecule has 4 heterocycles. The van der Waals surface area contributed by atoms with Crippen LogP contribution in [0, 0.1) is 0 Å². The highest BCUT2D eigenvalue weighted by molar-refractivity contribution is 5.39. The first-order valence-corrected chi connectivity index (χ1v) is 10.9. The molecule has 3 atom stereocenters. The number of aromatic nitrogens is 2. The third-order valence-corrected chi connectivity index (χ3v) is 6.47. The molecule has 3 aliphatic heterocycles. The Morgan fingerprint density at radius 3 is 2.70 bits per heavy atom. The number of morpholine rings is 1. The smallest absolute Gasteiger partial charge is 0.225 e. The van der Waals surface area contributed by atoms with Gasteiger partial charge >= 0.3 is 0 Å². The van der Waals surface area contributed by atoms with E-state index in [9.17, 15) is 5.11 Å². The molecule has 30 heavy (non-hydrogen) atoms. The third-order valence-electron chi connectivity index (χ3n) is 6.47. The Labute approximate surface area is 177 Å². The van der Waals surface area contributed by atoms with Crippen molar-refractivity contribution < 1.29 is 14.6 Å². The van der Waals surface area contributed by atoms with Gasteiger partial charge in [-0.3, -0.25) is 4.90 Å². The molecule has 1 aromatic heterocycles. The highest BCUT2D eigenvalue weighted by Crippen LogP contribution is 2.40. The van der Waals surface area contributed by atoms with Crippen molar-refractivity contribution in [2.75, 3.05) is 37.7 Å². The van der Waals surface area contributed by atoms with Crippen LogP contribution in [-0.2, 0) is 28.0 Å². The molecule has 160 valence electrons. The van der Waals surface area contributed by atoms with E-state index < -0.39 is 0 Å². The maximum absolute atomic E-state index is 9.54. The van der Waals surface area contributed by atoms with Gasteiger partial charge in [0.2, 0.25) is 5.95 Å². The van der Waals surface area contributed by atoms with Gasteiger partial charge in [-0.15, -0.1) is 0 Å². The Morgan fingerprint density at radius 1 is 1.17 bits per heavy atom. The fourth-order valence-corrected chi connectivity index (χ4v) is 5.14. The second kappa shape index (κ2) is 7.80. The molecular formula is C23H30N4O3. The first kappa shape index (κ1) is 19.7. The maximum Gasteiger partial charge on any atom is 0.225 e. The number of likely N-dealkylation sites (tertiary alicyclic amines) is 1. The molecule has 7 nitrogen and oxygen atoms in total. The molecule has 0 saturated carbocycles. The largest absolute Gasteiger partial charge is 0.508 e. The number of ether oxygens (including phenoxy) is 2. The van der Waals surface area contributed by atoms with Crippen molar-refractivity contribution >= 4 is 5.95 Å². The summed E-state index contributed by atoms with van der Waals surface area (Å²) in [6.07, 6.45) is 3.35. The summed E-state index contributed by atoms with van der Waals surface area (Å²) in [4.78, 5) is 14.5. The Kier molecular flexibility index (Phi) is 5.13. The van der Waals surface area contributed by atoms with Crippen LogP contribution in [0.5, 0.6) is 5.75 Å². The number of nitrogens with zero attached hydrogens (tertiary/aromatic N) is 4. The molecule has 1 spiro atoms. The van der Waals surface area contributed by atoms with Crippen LogP contribution < -0.4 is 4.90 Å². The predicted molar refractivity (Wildman–Crippen MR) is 114 cm³/mol.